The van der Waals surface area contributed by atoms with E-state index in [-0.39, 0.29) is 18.1 Å². The summed E-state index contributed by atoms with van der Waals surface area (Å²) in [4.78, 5) is 22.7. The van der Waals surface area contributed by atoms with Gasteiger partial charge in [-0.2, -0.15) is 0 Å². The Morgan fingerprint density at radius 2 is 2.08 bits per heavy atom. The largest absolute Gasteiger partial charge is 0.481 e. The fraction of sp³-hybridized carbons (Fsp3) is 0.429. The third kappa shape index (κ3) is 7.94. The van der Waals surface area contributed by atoms with Gasteiger partial charge in [0.25, 0.3) is 0 Å². The van der Waals surface area contributed by atoms with Gasteiger partial charge < -0.3 is 10.2 Å². The highest BCUT2D eigenvalue weighted by Crippen LogP contribution is 2.30. The molecule has 0 spiro atoms. The Morgan fingerprint density at radius 3 is 2.76 bits per heavy atom. The van der Waals surface area contributed by atoms with Crippen LogP contribution in [0.25, 0.3) is 0 Å². The van der Waals surface area contributed by atoms with E-state index in [1.807, 2.05) is 37.3 Å². The Hall–Kier alpha value is -2.20. The van der Waals surface area contributed by atoms with Crippen molar-refractivity contribution in [2.75, 3.05) is 0 Å². The second kappa shape index (κ2) is 11.4. The van der Waals surface area contributed by atoms with E-state index in [1.165, 1.54) is 0 Å². The first kappa shape index (κ1) is 20.8. The van der Waals surface area contributed by atoms with Crippen molar-refractivity contribution in [3.63, 3.8) is 0 Å². The zero-order valence-corrected chi connectivity index (χ0v) is 14.9. The van der Waals surface area contributed by atoms with Gasteiger partial charge in [-0.25, -0.2) is 0 Å². The molecular formula is C21H28O4. The number of unbranched alkanes of at least 4 members (excludes halogenated alkanes) is 1. The van der Waals surface area contributed by atoms with Gasteiger partial charge in [-0.15, -0.1) is 0 Å². The molecule has 4 nitrogen and oxygen atoms in total. The fourth-order valence-electron chi connectivity index (χ4n) is 2.73. The first-order valence-electron chi connectivity index (χ1n) is 8.71. The molecule has 136 valence electrons. The van der Waals surface area contributed by atoms with Crippen molar-refractivity contribution in [2.45, 2.75) is 51.6 Å². The summed E-state index contributed by atoms with van der Waals surface area (Å²) in [5, 5.41) is 18.6. The number of Topliss-reactive ketones (excluding diaryl/α,β-unsaturated/α-hetero) is 1. The number of allylic oxidation sites excluding steroid dienone is 7. The topological polar surface area (TPSA) is 74.6 Å². The minimum absolute atomic E-state index is 0.0409. The van der Waals surface area contributed by atoms with Gasteiger partial charge in [0.15, 0.2) is 5.78 Å². The lowest BCUT2D eigenvalue weighted by molar-refractivity contribution is -0.137. The number of carbonyl (C=O) groups is 2. The monoisotopic (exact) mass is 344 g/mol. The molecule has 0 aromatic rings. The van der Waals surface area contributed by atoms with Gasteiger partial charge in [-0.05, 0) is 44.6 Å². The second-order valence-electron chi connectivity index (χ2n) is 6.23. The van der Waals surface area contributed by atoms with Crippen molar-refractivity contribution in [2.24, 2.45) is 5.92 Å². The van der Waals surface area contributed by atoms with Crippen molar-refractivity contribution >= 4 is 11.8 Å². The number of carboxylic acids is 1. The molecule has 0 fully saturated rings. The standard InChI is InChI=1S/C21H28O4/c1-3-4-7-11-18(22)13-14-19-17(15-16(2)21(19)25)10-8-5-6-9-12-20(23)24/h3-5,7-8,14-15,17-18,22H,1,6,9-13H2,2H3,(H,23,24)/b7-4-,8-5-,19-14+/t17-,18-/m0/s1. The van der Waals surface area contributed by atoms with Gasteiger partial charge >= 0.3 is 5.97 Å². The third-order valence-electron chi connectivity index (χ3n) is 4.08. The molecule has 2 atom stereocenters. The Kier molecular flexibility index (Phi) is 9.48. The van der Waals surface area contributed by atoms with E-state index in [0.29, 0.717) is 25.7 Å². The summed E-state index contributed by atoms with van der Waals surface area (Å²) in [6.45, 7) is 5.40. The molecule has 0 heterocycles. The smallest absolute Gasteiger partial charge is 0.303 e. The summed E-state index contributed by atoms with van der Waals surface area (Å²) >= 11 is 0. The molecule has 0 bridgehead atoms. The highest BCUT2D eigenvalue weighted by atomic mass is 16.4. The predicted molar refractivity (Wildman–Crippen MR) is 100 cm³/mol. The molecule has 2 N–H and O–H groups in total. The SMILES string of the molecule is C=C/C=C\C[C@H](O)C/C=C1/C(=O)C(C)=C[C@@H]1C/C=C\CCCC(=O)O. The number of aliphatic carboxylic acids is 1. The van der Waals surface area contributed by atoms with Crippen LogP contribution in [0.2, 0.25) is 0 Å². The predicted octanol–water partition coefficient (Wildman–Crippen LogP) is 4.14. The number of carbonyl (C=O) groups excluding carboxylic acids is 1. The van der Waals surface area contributed by atoms with Crippen LogP contribution in [0.4, 0.5) is 0 Å². The second-order valence-corrected chi connectivity index (χ2v) is 6.23. The maximum absolute atomic E-state index is 12.3. The molecule has 4 heteroatoms. The zero-order chi connectivity index (χ0) is 18.7. The van der Waals surface area contributed by atoms with Gasteiger partial charge in [0, 0.05) is 17.9 Å². The van der Waals surface area contributed by atoms with E-state index in [4.69, 9.17) is 5.11 Å². The van der Waals surface area contributed by atoms with Crippen molar-refractivity contribution in [1.29, 1.82) is 0 Å². The molecule has 0 aliphatic heterocycles. The van der Waals surface area contributed by atoms with Crippen LogP contribution in [0.3, 0.4) is 0 Å². The van der Waals surface area contributed by atoms with Gasteiger partial charge in [0.1, 0.15) is 0 Å². The van der Waals surface area contributed by atoms with Crippen LogP contribution in [-0.2, 0) is 9.59 Å². The van der Waals surface area contributed by atoms with Crippen LogP contribution in [0.5, 0.6) is 0 Å². The lowest BCUT2D eigenvalue weighted by Crippen LogP contribution is -2.08. The molecule has 0 saturated heterocycles. The number of aliphatic hydroxyl groups is 1. The molecule has 0 saturated carbocycles. The summed E-state index contributed by atoms with van der Waals surface area (Å²) in [7, 11) is 0. The Bertz CT molecular complexity index is 593. The first-order valence-corrected chi connectivity index (χ1v) is 8.71. The molecule has 0 aromatic heterocycles. The minimum atomic E-state index is -0.778. The lowest BCUT2D eigenvalue weighted by atomic mass is 9.96. The molecular weight excluding hydrogens is 316 g/mol. The van der Waals surface area contributed by atoms with Crippen molar-refractivity contribution in [1.82, 2.24) is 0 Å². The number of hydrogen-bond donors (Lipinski definition) is 2. The summed E-state index contributed by atoms with van der Waals surface area (Å²) in [5.41, 5.74) is 1.50. The van der Waals surface area contributed by atoms with E-state index >= 15 is 0 Å². The normalized spacial score (nSPS) is 20.6. The Labute approximate surface area is 149 Å². The van der Waals surface area contributed by atoms with E-state index in [9.17, 15) is 14.7 Å². The van der Waals surface area contributed by atoms with E-state index in [1.54, 1.807) is 12.2 Å². The molecule has 0 amide bonds. The van der Waals surface area contributed by atoms with Gasteiger partial charge in [0.2, 0.25) is 0 Å². The van der Waals surface area contributed by atoms with E-state index in [2.05, 4.69) is 6.58 Å². The average molecular weight is 344 g/mol. The number of hydrogen-bond acceptors (Lipinski definition) is 3. The summed E-state index contributed by atoms with van der Waals surface area (Å²) < 4.78 is 0. The average Bonchev–Trinajstić information content (AvgIpc) is 2.83. The number of rotatable bonds is 11. The van der Waals surface area contributed by atoms with Crippen LogP contribution in [0.1, 0.15) is 45.4 Å². The van der Waals surface area contributed by atoms with Crippen molar-refractivity contribution in [3.05, 3.63) is 60.3 Å². The maximum Gasteiger partial charge on any atom is 0.303 e. The molecule has 1 aliphatic carbocycles. The van der Waals surface area contributed by atoms with Gasteiger partial charge in [-0.3, -0.25) is 9.59 Å². The van der Waals surface area contributed by atoms with Gasteiger partial charge in [-0.1, -0.05) is 49.1 Å². The molecule has 1 rings (SSSR count). The number of carboxylic acid groups (broad SMARTS) is 1. The van der Waals surface area contributed by atoms with Crippen LogP contribution < -0.4 is 0 Å². The minimum Gasteiger partial charge on any atom is -0.481 e. The van der Waals surface area contributed by atoms with Gasteiger partial charge in [0.05, 0.1) is 6.10 Å². The molecule has 0 unspecified atom stereocenters. The summed E-state index contributed by atoms with van der Waals surface area (Å²) in [6.07, 6.45) is 15.8. The van der Waals surface area contributed by atoms with E-state index < -0.39 is 12.1 Å². The number of aliphatic hydroxyl groups excluding tert-OH is 1. The molecule has 1 aliphatic rings. The van der Waals surface area contributed by atoms with Crippen LogP contribution >= 0.6 is 0 Å². The number of ketones is 1. The van der Waals surface area contributed by atoms with Crippen molar-refractivity contribution in [3.8, 4) is 0 Å². The fourth-order valence-corrected chi connectivity index (χ4v) is 2.73. The molecule has 25 heavy (non-hydrogen) atoms. The maximum atomic E-state index is 12.3. The van der Waals surface area contributed by atoms with Crippen molar-refractivity contribution < 1.29 is 19.8 Å². The molecule has 0 aromatic carbocycles. The highest BCUT2D eigenvalue weighted by Gasteiger charge is 2.26. The zero-order valence-electron chi connectivity index (χ0n) is 14.9. The summed E-state index contributed by atoms with van der Waals surface area (Å²) in [5.74, 6) is -0.683. The lowest BCUT2D eigenvalue weighted by Gasteiger charge is -2.10. The summed E-state index contributed by atoms with van der Waals surface area (Å²) in [6, 6.07) is 0. The first-order chi connectivity index (χ1) is 12.0. The van der Waals surface area contributed by atoms with E-state index in [0.717, 1.165) is 17.6 Å². The highest BCUT2D eigenvalue weighted by molar-refractivity contribution is 6.11. The Morgan fingerprint density at radius 1 is 1.32 bits per heavy atom. The van der Waals surface area contributed by atoms with Crippen LogP contribution in [0.15, 0.2) is 60.3 Å². The Balaban J connectivity index is 2.55. The van der Waals surface area contributed by atoms with Crippen LogP contribution in [-0.4, -0.2) is 28.1 Å². The molecule has 0 radical (unpaired) electrons. The third-order valence-corrected chi connectivity index (χ3v) is 4.08. The quantitative estimate of drug-likeness (QED) is 0.256. The van der Waals surface area contributed by atoms with Crippen LogP contribution in [0, 0.1) is 5.92 Å².